The second-order valence-corrected chi connectivity index (χ2v) is 7.78. The second kappa shape index (κ2) is 9.58. The zero-order chi connectivity index (χ0) is 21.6. The molecular formula is C29H24F2. The minimum Gasteiger partial charge on any atom is -0.204 e. The van der Waals surface area contributed by atoms with Crippen LogP contribution in [0.3, 0.4) is 0 Å². The molecule has 0 nitrogen and oxygen atoms in total. The molecule has 0 amide bonds. The first-order valence-corrected chi connectivity index (χ1v) is 10.7. The lowest BCUT2D eigenvalue weighted by atomic mass is 10.0. The summed E-state index contributed by atoms with van der Waals surface area (Å²) in [6, 6.07) is 24.7. The quantitative estimate of drug-likeness (QED) is 0.232. The molecule has 0 fully saturated rings. The van der Waals surface area contributed by atoms with Gasteiger partial charge >= 0.3 is 0 Å². The van der Waals surface area contributed by atoms with Crippen LogP contribution in [0, 0.1) is 23.5 Å². The summed E-state index contributed by atoms with van der Waals surface area (Å²) in [5, 5.41) is 0.908. The van der Waals surface area contributed by atoms with E-state index in [1.54, 1.807) is 24.3 Å². The van der Waals surface area contributed by atoms with E-state index < -0.39 is 11.6 Å². The zero-order valence-electron chi connectivity index (χ0n) is 17.6. The fourth-order valence-corrected chi connectivity index (χ4v) is 3.68. The number of benzene rings is 4. The fraction of sp³-hybridized carbons (Fsp3) is 0.172. The van der Waals surface area contributed by atoms with Gasteiger partial charge in [-0.15, -0.1) is 0 Å². The number of hydrogen-bond acceptors (Lipinski definition) is 0. The molecule has 0 atom stereocenters. The third-order valence-electron chi connectivity index (χ3n) is 5.50. The average molecular weight is 411 g/mol. The Labute approximate surface area is 182 Å². The minimum atomic E-state index is -0.836. The minimum absolute atomic E-state index is 0.270. The van der Waals surface area contributed by atoms with Gasteiger partial charge in [-0.25, -0.2) is 8.78 Å². The maximum atomic E-state index is 13.8. The van der Waals surface area contributed by atoms with Gasteiger partial charge in [-0.2, -0.15) is 0 Å². The summed E-state index contributed by atoms with van der Waals surface area (Å²) < 4.78 is 27.2. The van der Waals surface area contributed by atoms with Crippen molar-refractivity contribution in [1.82, 2.24) is 0 Å². The number of fused-ring (bicyclic) bond motifs is 1. The summed E-state index contributed by atoms with van der Waals surface area (Å²) in [5.74, 6) is 4.61. The predicted octanol–water partition coefficient (Wildman–Crippen LogP) is 7.92. The first-order chi connectivity index (χ1) is 15.1. The highest BCUT2D eigenvalue weighted by atomic mass is 19.2. The van der Waals surface area contributed by atoms with Crippen molar-refractivity contribution in [2.24, 2.45) is 0 Å². The van der Waals surface area contributed by atoms with Crippen LogP contribution in [0.25, 0.3) is 21.9 Å². The number of halogens is 2. The molecule has 0 spiro atoms. The maximum Gasteiger partial charge on any atom is 0.166 e. The maximum absolute atomic E-state index is 13.8. The second-order valence-electron chi connectivity index (χ2n) is 7.78. The molecular weight excluding hydrogens is 386 g/mol. The van der Waals surface area contributed by atoms with Crippen LogP contribution in [0.4, 0.5) is 8.78 Å². The Bertz CT molecular complexity index is 1240. The summed E-state index contributed by atoms with van der Waals surface area (Å²) in [5.41, 5.74) is 5.42. The van der Waals surface area contributed by atoms with Crippen molar-refractivity contribution < 1.29 is 8.78 Å². The van der Waals surface area contributed by atoms with Crippen LogP contribution < -0.4 is 0 Å². The lowest BCUT2D eigenvalue weighted by molar-refractivity contribution is 0.517. The summed E-state index contributed by atoms with van der Waals surface area (Å²) in [7, 11) is 0. The average Bonchev–Trinajstić information content (AvgIpc) is 2.81. The predicted molar refractivity (Wildman–Crippen MR) is 125 cm³/mol. The highest BCUT2D eigenvalue weighted by Gasteiger charge is 2.06. The molecule has 0 N–H and O–H groups in total. The van der Waals surface area contributed by atoms with E-state index in [1.165, 1.54) is 30.4 Å². The molecule has 0 bridgehead atoms. The highest BCUT2D eigenvalue weighted by Crippen LogP contribution is 2.22. The van der Waals surface area contributed by atoms with Gasteiger partial charge in [-0.05, 0) is 65.3 Å². The molecule has 4 aromatic carbocycles. The van der Waals surface area contributed by atoms with E-state index in [2.05, 4.69) is 55.2 Å². The van der Waals surface area contributed by atoms with E-state index in [0.29, 0.717) is 5.39 Å². The van der Waals surface area contributed by atoms with E-state index in [-0.39, 0.29) is 5.39 Å². The Morgan fingerprint density at radius 3 is 2.03 bits per heavy atom. The van der Waals surface area contributed by atoms with Crippen molar-refractivity contribution in [1.29, 1.82) is 0 Å². The summed E-state index contributed by atoms with van der Waals surface area (Å²) >= 11 is 0. The Hall–Kier alpha value is -3.44. The molecule has 0 saturated heterocycles. The molecule has 4 aromatic rings. The monoisotopic (exact) mass is 410 g/mol. The Morgan fingerprint density at radius 1 is 0.677 bits per heavy atom. The molecule has 154 valence electrons. The third-order valence-corrected chi connectivity index (χ3v) is 5.50. The van der Waals surface area contributed by atoms with Crippen LogP contribution >= 0.6 is 0 Å². The molecule has 0 radical (unpaired) electrons. The van der Waals surface area contributed by atoms with Gasteiger partial charge in [0.05, 0.1) is 0 Å². The standard InChI is InChI=1S/C29H24F2/c1-2-3-4-5-21-8-13-24(14-9-21)25-15-10-22(11-16-25)6-7-23-12-18-27-26(20-23)17-19-28(30)29(27)31/h8-20H,2-5H2,1H3. The van der Waals surface area contributed by atoms with Gasteiger partial charge in [0.2, 0.25) is 0 Å². The van der Waals surface area contributed by atoms with Crippen LogP contribution in [0.15, 0.2) is 78.9 Å². The van der Waals surface area contributed by atoms with Gasteiger partial charge in [0.25, 0.3) is 0 Å². The van der Waals surface area contributed by atoms with Crippen LogP contribution in [-0.2, 0) is 6.42 Å². The Morgan fingerprint density at radius 2 is 1.32 bits per heavy atom. The van der Waals surface area contributed by atoms with Gasteiger partial charge in [-0.3, -0.25) is 0 Å². The summed E-state index contributed by atoms with van der Waals surface area (Å²) in [6.07, 6.45) is 4.90. The molecule has 0 saturated carbocycles. The number of aryl methyl sites for hydroxylation is 1. The molecule has 0 unspecified atom stereocenters. The van der Waals surface area contributed by atoms with E-state index >= 15 is 0 Å². The molecule has 4 rings (SSSR count). The van der Waals surface area contributed by atoms with E-state index in [1.807, 2.05) is 12.1 Å². The van der Waals surface area contributed by atoms with Gasteiger partial charge in [0.1, 0.15) is 0 Å². The third kappa shape index (κ3) is 5.01. The van der Waals surface area contributed by atoms with Crippen molar-refractivity contribution in [3.8, 4) is 23.0 Å². The number of unbranched alkanes of at least 4 members (excludes halogenated alkanes) is 2. The van der Waals surface area contributed by atoms with Gasteiger partial charge in [-0.1, -0.05) is 80.1 Å². The SMILES string of the molecule is CCCCCc1ccc(-c2ccc(C#Cc3ccc4c(F)c(F)ccc4c3)cc2)cc1. The van der Waals surface area contributed by atoms with Crippen LogP contribution in [0.2, 0.25) is 0 Å². The van der Waals surface area contributed by atoms with Crippen LogP contribution in [-0.4, -0.2) is 0 Å². The fourth-order valence-electron chi connectivity index (χ4n) is 3.68. The highest BCUT2D eigenvalue weighted by molar-refractivity contribution is 5.84. The van der Waals surface area contributed by atoms with Crippen molar-refractivity contribution in [2.45, 2.75) is 32.6 Å². The molecule has 0 aliphatic carbocycles. The Kier molecular flexibility index (Phi) is 6.43. The molecule has 2 heteroatoms. The first-order valence-electron chi connectivity index (χ1n) is 10.7. The Balaban J connectivity index is 1.47. The smallest absolute Gasteiger partial charge is 0.166 e. The normalized spacial score (nSPS) is 10.7. The topological polar surface area (TPSA) is 0 Å². The molecule has 0 aliphatic rings. The van der Waals surface area contributed by atoms with Crippen molar-refractivity contribution in [3.63, 3.8) is 0 Å². The zero-order valence-corrected chi connectivity index (χ0v) is 17.6. The van der Waals surface area contributed by atoms with E-state index in [9.17, 15) is 8.78 Å². The van der Waals surface area contributed by atoms with Gasteiger partial charge < -0.3 is 0 Å². The largest absolute Gasteiger partial charge is 0.204 e. The summed E-state index contributed by atoms with van der Waals surface area (Å²) in [6.45, 7) is 2.22. The summed E-state index contributed by atoms with van der Waals surface area (Å²) in [4.78, 5) is 0. The molecule has 31 heavy (non-hydrogen) atoms. The van der Waals surface area contributed by atoms with Gasteiger partial charge in [0, 0.05) is 16.5 Å². The van der Waals surface area contributed by atoms with Crippen molar-refractivity contribution >= 4 is 10.8 Å². The number of hydrogen-bond donors (Lipinski definition) is 0. The van der Waals surface area contributed by atoms with Crippen LogP contribution in [0.5, 0.6) is 0 Å². The molecule has 0 aromatic heterocycles. The number of rotatable bonds is 5. The van der Waals surface area contributed by atoms with Crippen molar-refractivity contribution in [2.75, 3.05) is 0 Å². The first kappa shape index (κ1) is 20.8. The van der Waals surface area contributed by atoms with E-state index in [0.717, 1.165) is 29.2 Å². The van der Waals surface area contributed by atoms with E-state index in [4.69, 9.17) is 0 Å². The van der Waals surface area contributed by atoms with Crippen LogP contribution in [0.1, 0.15) is 42.9 Å². The molecule has 0 aliphatic heterocycles. The lowest BCUT2D eigenvalue weighted by Gasteiger charge is -2.05. The van der Waals surface area contributed by atoms with Gasteiger partial charge in [0.15, 0.2) is 11.6 Å². The lowest BCUT2D eigenvalue weighted by Crippen LogP contribution is -1.87. The molecule has 0 heterocycles. The van der Waals surface area contributed by atoms with Crippen molar-refractivity contribution in [3.05, 3.63) is 107 Å².